The van der Waals surface area contributed by atoms with Crippen molar-refractivity contribution in [2.75, 3.05) is 13.1 Å². The van der Waals surface area contributed by atoms with Crippen LogP contribution in [0.5, 0.6) is 0 Å². The smallest absolute Gasteiger partial charge is 0.303 e. The molecule has 9 nitrogen and oxygen atoms in total. The van der Waals surface area contributed by atoms with Crippen LogP contribution in [0.3, 0.4) is 0 Å². The lowest BCUT2D eigenvalue weighted by molar-refractivity contribution is -0.137. The molecule has 1 saturated carbocycles. The summed E-state index contributed by atoms with van der Waals surface area (Å²) in [5.74, 6) is -2.12. The van der Waals surface area contributed by atoms with Gasteiger partial charge in [-0.3, -0.25) is 24.1 Å². The van der Waals surface area contributed by atoms with Crippen LogP contribution in [0.15, 0.2) is 41.3 Å². The van der Waals surface area contributed by atoms with Crippen LogP contribution in [0, 0.1) is 23.5 Å². The van der Waals surface area contributed by atoms with Gasteiger partial charge in [0.05, 0.1) is 6.54 Å². The minimum Gasteiger partial charge on any atom is -0.481 e. The molecular weight excluding hydrogens is 715 g/mol. The first-order chi connectivity index (χ1) is 27.0. The number of unbranched alkanes of at least 4 members (excludes halogenated alkanes) is 11. The van der Waals surface area contributed by atoms with Gasteiger partial charge in [-0.15, -0.1) is 0 Å². The number of amides is 2. The number of hydrogen-bond acceptors (Lipinski definition) is 5. The van der Waals surface area contributed by atoms with E-state index >= 15 is 0 Å². The van der Waals surface area contributed by atoms with E-state index in [1.165, 1.54) is 18.7 Å². The fraction of sp³-hybridized carbons (Fsp3) is 0.644. The summed E-state index contributed by atoms with van der Waals surface area (Å²) in [5, 5.41) is 11.4. The van der Waals surface area contributed by atoms with Gasteiger partial charge >= 0.3 is 5.97 Å². The van der Waals surface area contributed by atoms with E-state index in [1.54, 1.807) is 0 Å². The molecule has 2 aliphatic heterocycles. The van der Waals surface area contributed by atoms with Crippen molar-refractivity contribution >= 4 is 17.8 Å². The number of carbonyl (C=O) groups excluding carboxylic acids is 2. The van der Waals surface area contributed by atoms with Gasteiger partial charge in [0, 0.05) is 55.5 Å². The highest BCUT2D eigenvalue weighted by molar-refractivity contribution is 5.98. The summed E-state index contributed by atoms with van der Waals surface area (Å²) in [6.45, 7) is 6.44. The lowest BCUT2D eigenvalue weighted by Gasteiger charge is -2.56. The number of rotatable bonds is 22. The van der Waals surface area contributed by atoms with E-state index in [9.17, 15) is 28.0 Å². The molecule has 2 N–H and O–H groups in total. The molecule has 0 bridgehead atoms. The lowest BCUT2D eigenvalue weighted by atomic mass is 9.80. The van der Waals surface area contributed by atoms with Crippen LogP contribution in [-0.4, -0.2) is 62.6 Å². The minimum absolute atomic E-state index is 0.0573. The quantitative estimate of drug-likeness (QED) is 0.0912. The number of aromatic nitrogens is 1. The number of aliphatic carboxylic acids is 1. The molecule has 0 radical (unpaired) electrons. The zero-order valence-electron chi connectivity index (χ0n) is 33.7. The van der Waals surface area contributed by atoms with Gasteiger partial charge in [-0.2, -0.15) is 0 Å². The number of benzene rings is 1. The van der Waals surface area contributed by atoms with Gasteiger partial charge in [0.25, 0.3) is 11.8 Å². The van der Waals surface area contributed by atoms with E-state index < -0.39 is 28.9 Å². The van der Waals surface area contributed by atoms with Crippen molar-refractivity contribution in [1.29, 1.82) is 0 Å². The summed E-state index contributed by atoms with van der Waals surface area (Å²) in [7, 11) is 0. The maximum Gasteiger partial charge on any atom is 0.303 e. The summed E-state index contributed by atoms with van der Waals surface area (Å²) in [5.41, 5.74) is 0.423. The molecular formula is C45H64F2N4O5. The second-order valence-electron chi connectivity index (χ2n) is 16.8. The van der Waals surface area contributed by atoms with E-state index in [-0.39, 0.29) is 42.2 Å². The molecule has 3 atom stereocenters. The summed E-state index contributed by atoms with van der Waals surface area (Å²) in [4.78, 5) is 57.6. The molecule has 2 amide bonds. The Balaban J connectivity index is 1.21. The van der Waals surface area contributed by atoms with Crippen LogP contribution < -0.4 is 10.7 Å². The molecule has 11 heteroatoms. The van der Waals surface area contributed by atoms with Gasteiger partial charge < -0.3 is 19.9 Å². The number of pyridine rings is 1. The minimum atomic E-state index is -0.770. The maximum atomic E-state index is 14.7. The zero-order valence-corrected chi connectivity index (χ0v) is 33.7. The molecule has 1 aromatic carbocycles. The van der Waals surface area contributed by atoms with Crippen molar-refractivity contribution in [3.63, 3.8) is 0 Å². The number of carboxylic acids is 1. The molecule has 1 saturated heterocycles. The number of fused-ring (bicyclic) bond motifs is 4. The van der Waals surface area contributed by atoms with Crippen LogP contribution in [-0.2, 0) is 24.3 Å². The van der Waals surface area contributed by atoms with E-state index in [0.29, 0.717) is 36.1 Å². The third kappa shape index (κ3) is 11.8. The van der Waals surface area contributed by atoms with Gasteiger partial charge in [-0.1, -0.05) is 89.9 Å². The van der Waals surface area contributed by atoms with Crippen LogP contribution in [0.4, 0.5) is 8.78 Å². The number of hydrogen-bond donors (Lipinski definition) is 2. The van der Waals surface area contributed by atoms with Crippen LogP contribution in [0.2, 0.25) is 0 Å². The van der Waals surface area contributed by atoms with Crippen LogP contribution >= 0.6 is 0 Å². The Bertz CT molecular complexity index is 1720. The second kappa shape index (κ2) is 21.6. The van der Waals surface area contributed by atoms with Crippen molar-refractivity contribution < 1.29 is 28.3 Å². The van der Waals surface area contributed by atoms with Gasteiger partial charge in [-0.05, 0) is 75.7 Å². The standard InChI is InChI=1S/C45H64F2N4O5/c1-32(2)28-49-29-34-20-18-19-22-39(34)51-40(49)31-50-30-37(44(55)48-27-33-24-25-35(46)26-38(33)47)43(54)36(42(50)45(51)56)21-16-14-12-10-8-6-4-3-5-7-9-11-13-15-17-23-41(52)53/h3,5,24-26,30,32,34,39-40H,4,6-23,27-29,31H2,1-2H3,(H,48,55)(H,52,53)/b5-3-/t34-,39-,40-/m0/s1. The number of halogens is 2. The van der Waals surface area contributed by atoms with Crippen molar-refractivity contribution in [2.24, 2.45) is 11.8 Å². The maximum absolute atomic E-state index is 14.7. The van der Waals surface area contributed by atoms with Crippen LogP contribution in [0.25, 0.3) is 0 Å². The average Bonchev–Trinajstić information content (AvgIpc) is 3.16. The highest BCUT2D eigenvalue weighted by Crippen LogP contribution is 2.39. The van der Waals surface area contributed by atoms with Gasteiger partial charge in [0.1, 0.15) is 29.1 Å². The molecule has 56 heavy (non-hydrogen) atoms. The van der Waals surface area contributed by atoms with E-state index in [4.69, 9.17) is 5.11 Å². The Labute approximate surface area is 331 Å². The molecule has 2 aromatic rings. The number of carboxylic acid groups (broad SMARTS) is 1. The van der Waals surface area contributed by atoms with Crippen molar-refractivity contribution in [1.82, 2.24) is 19.7 Å². The Morgan fingerprint density at radius 1 is 0.893 bits per heavy atom. The number of carbonyl (C=O) groups is 3. The van der Waals surface area contributed by atoms with Crippen molar-refractivity contribution in [2.45, 2.75) is 161 Å². The van der Waals surface area contributed by atoms with Crippen molar-refractivity contribution in [3.8, 4) is 0 Å². The Kier molecular flexibility index (Phi) is 16.7. The first kappa shape index (κ1) is 43.3. The normalized spacial score (nSPS) is 19.6. The topological polar surface area (TPSA) is 112 Å². The van der Waals surface area contributed by atoms with Gasteiger partial charge in [0.15, 0.2) is 5.43 Å². The third-order valence-corrected chi connectivity index (χ3v) is 11.9. The molecule has 0 unspecified atom stereocenters. The Morgan fingerprint density at radius 3 is 2.23 bits per heavy atom. The SMILES string of the molecule is CC(C)CN1C[C@@H]2CCCC[C@@H]2N2C(=O)c3c(CCCCCCCC/C=C\CCCCCCCC(=O)O)c(=O)c(C(=O)NCc4ccc(F)cc4F)cn3C[C@@H]12. The number of nitrogens with zero attached hydrogens (tertiary/aromatic N) is 3. The zero-order chi connectivity index (χ0) is 40.0. The number of allylic oxidation sites excluding steroid dienone is 2. The summed E-state index contributed by atoms with van der Waals surface area (Å²) >= 11 is 0. The summed E-state index contributed by atoms with van der Waals surface area (Å²) in [6.07, 6.45) is 24.1. The molecule has 0 spiro atoms. The average molecular weight is 779 g/mol. The van der Waals surface area contributed by atoms with E-state index in [0.717, 1.165) is 128 Å². The monoisotopic (exact) mass is 778 g/mol. The molecule has 2 fully saturated rings. The fourth-order valence-corrected chi connectivity index (χ4v) is 9.06. The van der Waals surface area contributed by atoms with Gasteiger partial charge in [-0.25, -0.2) is 8.78 Å². The molecule has 308 valence electrons. The Hall–Kier alpha value is -3.86. The summed E-state index contributed by atoms with van der Waals surface area (Å²) < 4.78 is 29.8. The predicted molar refractivity (Wildman–Crippen MR) is 215 cm³/mol. The first-order valence-electron chi connectivity index (χ1n) is 21.5. The molecule has 5 rings (SSSR count). The largest absolute Gasteiger partial charge is 0.481 e. The summed E-state index contributed by atoms with van der Waals surface area (Å²) in [6, 6.07) is 3.33. The van der Waals surface area contributed by atoms with E-state index in [2.05, 4.69) is 41.1 Å². The lowest BCUT2D eigenvalue weighted by Crippen LogP contribution is -2.68. The first-order valence-corrected chi connectivity index (χ1v) is 21.5. The highest BCUT2D eigenvalue weighted by atomic mass is 19.1. The van der Waals surface area contributed by atoms with E-state index in [1.807, 2.05) is 4.57 Å². The number of nitrogens with one attached hydrogen (secondary N) is 1. The van der Waals surface area contributed by atoms with Gasteiger partial charge in [0.2, 0.25) is 0 Å². The second-order valence-corrected chi connectivity index (χ2v) is 16.8. The molecule has 1 aromatic heterocycles. The molecule has 3 heterocycles. The molecule has 1 aliphatic carbocycles. The predicted octanol–water partition coefficient (Wildman–Crippen LogP) is 9.01. The Morgan fingerprint density at radius 2 is 1.55 bits per heavy atom. The fourth-order valence-electron chi connectivity index (χ4n) is 9.06. The van der Waals surface area contributed by atoms with Crippen LogP contribution in [0.1, 0.15) is 161 Å². The van der Waals surface area contributed by atoms with Crippen molar-refractivity contribution in [3.05, 3.63) is 80.8 Å². The third-order valence-electron chi connectivity index (χ3n) is 11.9. The highest BCUT2D eigenvalue weighted by Gasteiger charge is 2.48. The molecule has 3 aliphatic rings.